The third-order valence-corrected chi connectivity index (χ3v) is 12.3. The molecule has 0 fully saturated rings. The number of pyridine rings is 3. The minimum absolute atomic E-state index is 0.202. The first kappa shape index (κ1) is 49.8. The fourth-order valence-electron chi connectivity index (χ4n) is 9.57. The van der Waals surface area contributed by atoms with E-state index in [-0.39, 0.29) is 5.41 Å². The molecule has 0 N–H and O–H groups in total. The van der Waals surface area contributed by atoms with Crippen molar-refractivity contribution in [2.75, 3.05) is 0 Å². The maximum absolute atomic E-state index is 2.38. The van der Waals surface area contributed by atoms with Crippen LogP contribution in [0.5, 0.6) is 0 Å². The van der Waals surface area contributed by atoms with E-state index in [1.165, 1.54) is 113 Å². The smallest absolute Gasteiger partial charge is 0.201 e. The second-order valence-corrected chi connectivity index (χ2v) is 20.7. The average Bonchev–Trinajstić information content (AvgIpc) is 3.13. The first-order valence-electron chi connectivity index (χ1n) is 23.1. The molecule has 0 aliphatic rings. The zero-order valence-corrected chi connectivity index (χ0v) is 42.7. The summed E-state index contributed by atoms with van der Waals surface area (Å²) < 4.78 is 6.74. The monoisotopic (exact) mass is 833 g/mol. The zero-order valence-electron chi connectivity index (χ0n) is 42.7. The summed E-state index contributed by atoms with van der Waals surface area (Å²) in [6.07, 6.45) is 10.1. The standard InChI is InChI=1S/2C20H28N.C19H26N/c1-14-10-16(3)19(21(7)13-14)18-9-8-17(11-15(18)2)12-20(4,5)6;1-7-17(8-2)18-9-10-19(15(4)12-18)20-16(5)11-14(3)13-21(20)6;1-13-10-15(3)18(20(7)12-13)17-9-8-16(11-14(17)2)19(4,5)6/h8-11,13H,12H2,1-7H3;9-13,17H,7-8H2,1-6H3;8-12H,1-7H3/q3*+1. The minimum Gasteiger partial charge on any atom is -0.201 e. The van der Waals surface area contributed by atoms with Crippen LogP contribution >= 0.6 is 0 Å². The van der Waals surface area contributed by atoms with Gasteiger partial charge in [0.1, 0.15) is 21.1 Å². The molecular formula is C59H82N3+3. The van der Waals surface area contributed by atoms with Gasteiger partial charge in [-0.25, -0.2) is 13.7 Å². The molecule has 0 bridgehead atoms. The van der Waals surface area contributed by atoms with Crippen LogP contribution in [-0.2, 0) is 33.0 Å². The van der Waals surface area contributed by atoms with E-state index >= 15 is 0 Å². The molecule has 0 amide bonds. The van der Waals surface area contributed by atoms with E-state index < -0.39 is 0 Å². The van der Waals surface area contributed by atoms with Gasteiger partial charge in [0, 0.05) is 50.1 Å². The number of benzene rings is 3. The first-order chi connectivity index (χ1) is 28.8. The first-order valence-corrected chi connectivity index (χ1v) is 23.1. The highest BCUT2D eigenvalue weighted by Crippen LogP contribution is 2.32. The SMILES string of the molecule is CCC(CC)c1ccc(-c2c(C)cc(C)c[n+]2C)c(C)c1.Cc1cc(C)c(-c2ccc(C(C)(C)C)cc2C)[n+](C)c1.Cc1cc(C)c(-c2ccc(CC(C)(C)C)cc2C)[n+](C)c1. The molecule has 62 heavy (non-hydrogen) atoms. The molecule has 3 aromatic heterocycles. The van der Waals surface area contributed by atoms with Gasteiger partial charge in [0.25, 0.3) is 0 Å². The van der Waals surface area contributed by atoms with Crippen LogP contribution in [-0.4, -0.2) is 0 Å². The largest absolute Gasteiger partial charge is 0.215 e. The summed E-state index contributed by atoms with van der Waals surface area (Å²) in [5, 5.41) is 0. The Morgan fingerprint density at radius 2 is 0.806 bits per heavy atom. The predicted octanol–water partition coefficient (Wildman–Crippen LogP) is 14.1. The molecule has 330 valence electrons. The second-order valence-electron chi connectivity index (χ2n) is 20.7. The highest BCUT2D eigenvalue weighted by molar-refractivity contribution is 5.67. The topological polar surface area (TPSA) is 11.6 Å². The van der Waals surface area contributed by atoms with Crippen LogP contribution in [0.15, 0.2) is 91.4 Å². The van der Waals surface area contributed by atoms with Crippen molar-refractivity contribution in [3.8, 4) is 33.8 Å². The van der Waals surface area contributed by atoms with Crippen LogP contribution < -0.4 is 13.7 Å². The van der Waals surface area contributed by atoms with Gasteiger partial charge in [-0.2, -0.15) is 0 Å². The van der Waals surface area contributed by atoms with Crippen LogP contribution in [0.3, 0.4) is 0 Å². The maximum atomic E-state index is 2.38. The molecule has 3 heterocycles. The summed E-state index contributed by atoms with van der Waals surface area (Å²) in [5.74, 6) is 0.686. The molecule has 3 aromatic carbocycles. The predicted molar refractivity (Wildman–Crippen MR) is 267 cm³/mol. The molecule has 6 aromatic rings. The van der Waals surface area contributed by atoms with Crippen molar-refractivity contribution in [1.82, 2.24) is 0 Å². The number of aryl methyl sites for hydroxylation is 12. The van der Waals surface area contributed by atoms with Crippen molar-refractivity contribution in [3.63, 3.8) is 0 Å². The van der Waals surface area contributed by atoms with Gasteiger partial charge in [-0.15, -0.1) is 0 Å². The van der Waals surface area contributed by atoms with Crippen LogP contribution in [0, 0.1) is 67.7 Å². The molecule has 0 saturated heterocycles. The lowest BCUT2D eigenvalue weighted by atomic mass is 9.85. The van der Waals surface area contributed by atoms with Gasteiger partial charge in [-0.3, -0.25) is 0 Å². The maximum Gasteiger partial charge on any atom is 0.215 e. The lowest BCUT2D eigenvalue weighted by Crippen LogP contribution is -2.32. The number of nitrogens with zero attached hydrogens (tertiary/aromatic N) is 3. The van der Waals surface area contributed by atoms with E-state index in [1.54, 1.807) is 0 Å². The van der Waals surface area contributed by atoms with Gasteiger partial charge in [0.15, 0.2) is 18.6 Å². The zero-order chi connectivity index (χ0) is 46.4. The van der Waals surface area contributed by atoms with Gasteiger partial charge in [0.05, 0.1) is 0 Å². The summed E-state index contributed by atoms with van der Waals surface area (Å²) in [4.78, 5) is 0. The van der Waals surface area contributed by atoms with Gasteiger partial charge in [-0.1, -0.05) is 91.8 Å². The van der Waals surface area contributed by atoms with Crippen LogP contribution in [0.1, 0.15) is 141 Å². The van der Waals surface area contributed by atoms with Gasteiger partial charge in [-0.05, 0) is 168 Å². The molecule has 6 rings (SSSR count). The Morgan fingerprint density at radius 3 is 1.13 bits per heavy atom. The Labute approximate surface area is 379 Å². The molecule has 0 spiro atoms. The molecule has 0 aliphatic carbocycles. The molecule has 0 radical (unpaired) electrons. The molecule has 3 heteroatoms. The van der Waals surface area contributed by atoms with E-state index in [0.29, 0.717) is 11.3 Å². The highest BCUT2D eigenvalue weighted by Gasteiger charge is 2.22. The summed E-state index contributed by atoms with van der Waals surface area (Å²) in [7, 11) is 6.41. The van der Waals surface area contributed by atoms with Crippen molar-refractivity contribution in [2.45, 2.75) is 148 Å². The van der Waals surface area contributed by atoms with Crippen molar-refractivity contribution in [1.29, 1.82) is 0 Å². The van der Waals surface area contributed by atoms with E-state index in [0.717, 1.165) is 6.42 Å². The van der Waals surface area contributed by atoms with E-state index in [2.05, 4.69) is 244 Å². The molecule has 0 aliphatic heterocycles. The van der Waals surface area contributed by atoms with E-state index in [1.807, 2.05) is 0 Å². The Bertz CT molecular complexity index is 2430. The number of aromatic nitrogens is 3. The van der Waals surface area contributed by atoms with Crippen molar-refractivity contribution < 1.29 is 13.7 Å². The Balaban J connectivity index is 0.000000205. The third-order valence-electron chi connectivity index (χ3n) is 12.3. The highest BCUT2D eigenvalue weighted by atomic mass is 14.9. The van der Waals surface area contributed by atoms with Crippen LogP contribution in [0.25, 0.3) is 33.8 Å². The van der Waals surface area contributed by atoms with Gasteiger partial charge in [0.2, 0.25) is 17.1 Å². The normalized spacial score (nSPS) is 11.6. The summed E-state index contributed by atoms with van der Waals surface area (Å²) in [5.41, 5.74) is 24.8. The minimum atomic E-state index is 0.202. The molecule has 0 unspecified atom stereocenters. The molecule has 0 atom stereocenters. The summed E-state index contributed by atoms with van der Waals surface area (Å²) >= 11 is 0. The van der Waals surface area contributed by atoms with Gasteiger partial charge < -0.3 is 0 Å². The second kappa shape index (κ2) is 20.5. The summed E-state index contributed by atoms with van der Waals surface area (Å²) in [6, 6.07) is 27.6. The number of hydrogen-bond acceptors (Lipinski definition) is 0. The average molecular weight is 833 g/mol. The molecule has 3 nitrogen and oxygen atoms in total. The Hall–Kier alpha value is -4.89. The summed E-state index contributed by atoms with van der Waals surface area (Å²) in [6.45, 7) is 37.9. The van der Waals surface area contributed by atoms with Crippen LogP contribution in [0.4, 0.5) is 0 Å². The Morgan fingerprint density at radius 1 is 0.435 bits per heavy atom. The van der Waals surface area contributed by atoms with Crippen molar-refractivity contribution in [3.05, 3.63) is 158 Å². The van der Waals surface area contributed by atoms with E-state index in [4.69, 9.17) is 0 Å². The van der Waals surface area contributed by atoms with Crippen molar-refractivity contribution >= 4 is 0 Å². The third kappa shape index (κ3) is 12.6. The van der Waals surface area contributed by atoms with E-state index in [9.17, 15) is 0 Å². The lowest BCUT2D eigenvalue weighted by Gasteiger charge is -2.20. The molecule has 0 saturated carbocycles. The fourth-order valence-corrected chi connectivity index (χ4v) is 9.57. The molecular weight excluding hydrogens is 751 g/mol. The lowest BCUT2D eigenvalue weighted by molar-refractivity contribution is -0.661. The van der Waals surface area contributed by atoms with Gasteiger partial charge >= 0.3 is 0 Å². The number of rotatable bonds is 7. The fraction of sp³-hybridized carbons (Fsp3) is 0.441. The number of hydrogen-bond donors (Lipinski definition) is 0. The Kier molecular flexibility index (Phi) is 16.5. The quantitative estimate of drug-likeness (QED) is 0.142. The van der Waals surface area contributed by atoms with Crippen LogP contribution in [0.2, 0.25) is 0 Å². The van der Waals surface area contributed by atoms with Crippen molar-refractivity contribution in [2.24, 2.45) is 26.6 Å².